The Morgan fingerprint density at radius 2 is 1.83 bits per heavy atom. The van der Waals surface area contributed by atoms with E-state index in [1.54, 1.807) is 0 Å². The lowest BCUT2D eigenvalue weighted by molar-refractivity contribution is -0.124. The highest BCUT2D eigenvalue weighted by atomic mass is 16.5. The molecule has 0 bridgehead atoms. The van der Waals surface area contributed by atoms with Crippen LogP contribution >= 0.6 is 0 Å². The molecular weight excluding hydrogens is 294 g/mol. The van der Waals surface area contributed by atoms with Crippen LogP contribution in [0.1, 0.15) is 25.0 Å². The van der Waals surface area contributed by atoms with Crippen LogP contribution < -0.4 is 10.6 Å². The van der Waals surface area contributed by atoms with E-state index in [2.05, 4.69) is 10.6 Å². The molecule has 0 radical (unpaired) electrons. The van der Waals surface area contributed by atoms with Gasteiger partial charge < -0.3 is 10.1 Å². The van der Waals surface area contributed by atoms with Gasteiger partial charge in [-0.1, -0.05) is 6.07 Å². The van der Waals surface area contributed by atoms with E-state index >= 15 is 0 Å². The van der Waals surface area contributed by atoms with Gasteiger partial charge in [-0.15, -0.1) is 0 Å². The first-order chi connectivity index (χ1) is 10.8. The van der Waals surface area contributed by atoms with Crippen molar-refractivity contribution in [1.29, 1.82) is 0 Å². The first-order valence-corrected chi connectivity index (χ1v) is 7.89. The molecule has 0 spiro atoms. The van der Waals surface area contributed by atoms with Gasteiger partial charge in [-0.05, 0) is 51.0 Å². The molecule has 2 rings (SSSR count). The van der Waals surface area contributed by atoms with Gasteiger partial charge in [-0.2, -0.15) is 0 Å². The third kappa shape index (κ3) is 5.33. The van der Waals surface area contributed by atoms with Gasteiger partial charge in [-0.3, -0.25) is 15.0 Å². The minimum absolute atomic E-state index is 0.0934. The van der Waals surface area contributed by atoms with Crippen LogP contribution in [0.25, 0.3) is 0 Å². The molecule has 2 N–H and O–H groups in total. The van der Waals surface area contributed by atoms with Gasteiger partial charge in [0.25, 0.3) is 0 Å². The molecule has 1 saturated heterocycles. The van der Waals surface area contributed by atoms with Crippen molar-refractivity contribution in [2.45, 2.75) is 39.9 Å². The number of imide groups is 1. The van der Waals surface area contributed by atoms with Crippen LogP contribution in [-0.2, 0) is 9.53 Å². The van der Waals surface area contributed by atoms with Gasteiger partial charge in [0.1, 0.15) is 0 Å². The van der Waals surface area contributed by atoms with Crippen molar-refractivity contribution in [2.24, 2.45) is 0 Å². The topological polar surface area (TPSA) is 70.7 Å². The lowest BCUT2D eigenvalue weighted by Gasteiger charge is -2.34. The van der Waals surface area contributed by atoms with E-state index in [0.29, 0.717) is 18.8 Å². The molecule has 1 heterocycles. The minimum Gasteiger partial charge on any atom is -0.373 e. The van der Waals surface area contributed by atoms with Crippen LogP contribution in [0, 0.1) is 13.8 Å². The van der Waals surface area contributed by atoms with E-state index in [-0.39, 0.29) is 24.7 Å². The van der Waals surface area contributed by atoms with Crippen LogP contribution in [0.2, 0.25) is 0 Å². The number of ether oxygens (including phenoxy) is 1. The number of amides is 3. The molecule has 6 nitrogen and oxygen atoms in total. The Hall–Kier alpha value is -1.92. The Morgan fingerprint density at radius 3 is 2.43 bits per heavy atom. The van der Waals surface area contributed by atoms with Gasteiger partial charge in [0, 0.05) is 18.8 Å². The zero-order valence-electron chi connectivity index (χ0n) is 14.2. The number of aryl methyl sites for hydroxylation is 2. The summed E-state index contributed by atoms with van der Waals surface area (Å²) in [6.45, 7) is 9.52. The summed E-state index contributed by atoms with van der Waals surface area (Å²) in [5.74, 6) is -0.312. The fourth-order valence-corrected chi connectivity index (χ4v) is 2.76. The monoisotopic (exact) mass is 319 g/mol. The Bertz CT molecular complexity index is 578. The summed E-state index contributed by atoms with van der Waals surface area (Å²) >= 11 is 0. The van der Waals surface area contributed by atoms with Crippen molar-refractivity contribution in [3.05, 3.63) is 29.3 Å². The van der Waals surface area contributed by atoms with Gasteiger partial charge in [0.2, 0.25) is 5.91 Å². The SMILES string of the molecule is Cc1ccc(NC(=O)NC(=O)CN2C[C@@H](C)O[C@H](C)C2)cc1C. The molecule has 1 fully saturated rings. The average Bonchev–Trinajstić information content (AvgIpc) is 2.41. The van der Waals surface area contributed by atoms with Crippen LogP contribution in [0.3, 0.4) is 0 Å². The summed E-state index contributed by atoms with van der Waals surface area (Å²) in [4.78, 5) is 25.9. The number of nitrogens with zero attached hydrogens (tertiary/aromatic N) is 1. The fourth-order valence-electron chi connectivity index (χ4n) is 2.76. The Kier molecular flexibility index (Phi) is 5.74. The van der Waals surface area contributed by atoms with Crippen molar-refractivity contribution in [1.82, 2.24) is 10.2 Å². The fraction of sp³-hybridized carbons (Fsp3) is 0.529. The number of carbonyl (C=O) groups excluding carboxylic acids is 2. The second kappa shape index (κ2) is 7.57. The molecule has 2 atom stereocenters. The quantitative estimate of drug-likeness (QED) is 0.895. The van der Waals surface area contributed by atoms with Gasteiger partial charge in [0.15, 0.2) is 0 Å². The molecule has 0 aromatic heterocycles. The van der Waals surface area contributed by atoms with E-state index in [1.807, 2.05) is 50.8 Å². The maximum Gasteiger partial charge on any atom is 0.325 e. The van der Waals surface area contributed by atoms with Crippen LogP contribution in [-0.4, -0.2) is 48.7 Å². The second-order valence-electron chi connectivity index (χ2n) is 6.25. The summed E-state index contributed by atoms with van der Waals surface area (Å²) in [7, 11) is 0. The lowest BCUT2D eigenvalue weighted by atomic mass is 10.1. The molecule has 1 aliphatic heterocycles. The van der Waals surface area contributed by atoms with Gasteiger partial charge in [0.05, 0.1) is 18.8 Å². The second-order valence-corrected chi connectivity index (χ2v) is 6.25. The standard InChI is InChI=1S/C17H25N3O3/c1-11-5-6-15(7-12(11)2)18-17(22)19-16(21)10-20-8-13(3)23-14(4)9-20/h5-7,13-14H,8-10H2,1-4H3,(H2,18,19,21,22)/t13-,14-/m1/s1. The smallest absolute Gasteiger partial charge is 0.325 e. The Balaban J connectivity index is 1.82. The summed E-state index contributed by atoms with van der Waals surface area (Å²) in [6, 6.07) is 5.12. The minimum atomic E-state index is -0.507. The molecular formula is C17H25N3O3. The molecule has 6 heteroatoms. The summed E-state index contributed by atoms with van der Waals surface area (Å²) in [5.41, 5.74) is 2.92. The van der Waals surface area contributed by atoms with Crippen LogP contribution in [0.4, 0.5) is 10.5 Å². The van der Waals surface area contributed by atoms with Crippen molar-refractivity contribution in [3.8, 4) is 0 Å². The van der Waals surface area contributed by atoms with Crippen molar-refractivity contribution in [2.75, 3.05) is 25.0 Å². The number of hydrogen-bond donors (Lipinski definition) is 2. The van der Waals surface area contributed by atoms with Crippen LogP contribution in [0.15, 0.2) is 18.2 Å². The molecule has 1 aromatic rings. The number of morpholine rings is 1. The summed E-state index contributed by atoms with van der Waals surface area (Å²) in [5, 5.41) is 5.05. The molecule has 23 heavy (non-hydrogen) atoms. The van der Waals surface area contributed by atoms with Crippen molar-refractivity contribution in [3.63, 3.8) is 0 Å². The van der Waals surface area contributed by atoms with Crippen molar-refractivity contribution >= 4 is 17.6 Å². The lowest BCUT2D eigenvalue weighted by Crippen LogP contribution is -2.50. The highest BCUT2D eigenvalue weighted by Gasteiger charge is 2.24. The maximum absolute atomic E-state index is 12.0. The number of urea groups is 1. The van der Waals surface area contributed by atoms with E-state index in [0.717, 1.165) is 11.1 Å². The van der Waals surface area contributed by atoms with Crippen molar-refractivity contribution < 1.29 is 14.3 Å². The molecule has 1 aromatic carbocycles. The molecule has 0 unspecified atom stereocenters. The number of benzene rings is 1. The van der Waals surface area contributed by atoms with E-state index in [4.69, 9.17) is 4.74 Å². The average molecular weight is 319 g/mol. The molecule has 1 aliphatic rings. The third-order valence-electron chi connectivity index (χ3n) is 3.88. The van der Waals surface area contributed by atoms with Crippen LogP contribution in [0.5, 0.6) is 0 Å². The highest BCUT2D eigenvalue weighted by Crippen LogP contribution is 2.14. The first-order valence-electron chi connectivity index (χ1n) is 7.89. The number of anilines is 1. The number of nitrogens with one attached hydrogen (secondary N) is 2. The van der Waals surface area contributed by atoms with E-state index < -0.39 is 6.03 Å². The van der Waals surface area contributed by atoms with E-state index in [9.17, 15) is 9.59 Å². The number of carbonyl (C=O) groups is 2. The maximum atomic E-state index is 12.0. The zero-order chi connectivity index (χ0) is 17.0. The molecule has 3 amide bonds. The highest BCUT2D eigenvalue weighted by molar-refractivity contribution is 6.01. The largest absolute Gasteiger partial charge is 0.373 e. The van der Waals surface area contributed by atoms with E-state index in [1.165, 1.54) is 0 Å². The summed E-state index contributed by atoms with van der Waals surface area (Å²) in [6.07, 6.45) is 0.187. The Labute approximate surface area is 137 Å². The molecule has 0 saturated carbocycles. The molecule has 0 aliphatic carbocycles. The third-order valence-corrected chi connectivity index (χ3v) is 3.88. The predicted molar refractivity (Wildman–Crippen MR) is 89.5 cm³/mol. The first kappa shape index (κ1) is 17.4. The number of rotatable bonds is 3. The predicted octanol–water partition coefficient (Wildman–Crippen LogP) is 2.06. The molecule has 126 valence electrons. The zero-order valence-corrected chi connectivity index (χ0v) is 14.2. The number of hydrogen-bond acceptors (Lipinski definition) is 4. The van der Waals surface area contributed by atoms with Gasteiger partial charge in [-0.25, -0.2) is 4.79 Å². The Morgan fingerprint density at radius 1 is 1.17 bits per heavy atom. The van der Waals surface area contributed by atoms with Gasteiger partial charge >= 0.3 is 6.03 Å². The summed E-state index contributed by atoms with van der Waals surface area (Å²) < 4.78 is 5.63. The normalized spacial score (nSPS) is 21.7.